The highest BCUT2D eigenvalue weighted by atomic mass is 16.4. The number of anilines is 1. The summed E-state index contributed by atoms with van der Waals surface area (Å²) in [6.45, 7) is 0. The van der Waals surface area contributed by atoms with Gasteiger partial charge in [-0.1, -0.05) is 36.4 Å². The summed E-state index contributed by atoms with van der Waals surface area (Å²) in [5.74, 6) is -1.27. The number of carbonyl (C=O) groups is 2. The van der Waals surface area contributed by atoms with E-state index in [-0.39, 0.29) is 5.91 Å². The second-order valence-corrected chi connectivity index (χ2v) is 4.08. The summed E-state index contributed by atoms with van der Waals surface area (Å²) in [4.78, 5) is 22.6. The zero-order valence-electron chi connectivity index (χ0n) is 10.6. The van der Waals surface area contributed by atoms with Crippen LogP contribution in [0.25, 0.3) is 6.08 Å². The first-order valence-electron chi connectivity index (χ1n) is 6.03. The Morgan fingerprint density at radius 2 is 1.60 bits per heavy atom. The van der Waals surface area contributed by atoms with Crippen molar-refractivity contribution in [2.24, 2.45) is 0 Å². The molecule has 0 saturated heterocycles. The van der Waals surface area contributed by atoms with Gasteiger partial charge in [-0.25, -0.2) is 4.79 Å². The Kier molecular flexibility index (Phi) is 4.29. The highest BCUT2D eigenvalue weighted by Crippen LogP contribution is 2.17. The van der Waals surface area contributed by atoms with Crippen molar-refractivity contribution in [3.63, 3.8) is 0 Å². The smallest absolute Gasteiger partial charge is 0.328 e. The van der Waals surface area contributed by atoms with Gasteiger partial charge in [0.05, 0.1) is 0 Å². The van der Waals surface area contributed by atoms with Gasteiger partial charge in [0.2, 0.25) is 0 Å². The van der Waals surface area contributed by atoms with Crippen molar-refractivity contribution in [2.45, 2.75) is 0 Å². The molecule has 4 heteroatoms. The zero-order valence-corrected chi connectivity index (χ0v) is 10.6. The molecule has 2 rings (SSSR count). The van der Waals surface area contributed by atoms with Crippen LogP contribution in [0.3, 0.4) is 0 Å². The third kappa shape index (κ3) is 3.55. The monoisotopic (exact) mass is 267 g/mol. The van der Waals surface area contributed by atoms with Crippen molar-refractivity contribution < 1.29 is 14.7 Å². The number of carboxylic acid groups (broad SMARTS) is 1. The van der Waals surface area contributed by atoms with Crippen LogP contribution >= 0.6 is 0 Å². The van der Waals surface area contributed by atoms with E-state index in [1.54, 1.807) is 48.5 Å². The van der Waals surface area contributed by atoms with Gasteiger partial charge < -0.3 is 10.4 Å². The van der Waals surface area contributed by atoms with Gasteiger partial charge >= 0.3 is 5.97 Å². The molecular formula is C16H13NO3. The molecule has 0 bridgehead atoms. The van der Waals surface area contributed by atoms with Gasteiger partial charge in [0, 0.05) is 17.3 Å². The van der Waals surface area contributed by atoms with Crippen LogP contribution in [0.1, 0.15) is 15.9 Å². The predicted octanol–water partition coefficient (Wildman–Crippen LogP) is 3.04. The van der Waals surface area contributed by atoms with Crippen LogP contribution in [-0.2, 0) is 4.79 Å². The number of para-hydroxylation sites is 1. The molecule has 20 heavy (non-hydrogen) atoms. The topological polar surface area (TPSA) is 66.4 Å². The van der Waals surface area contributed by atoms with Crippen molar-refractivity contribution in [2.75, 3.05) is 5.32 Å². The van der Waals surface area contributed by atoms with E-state index in [9.17, 15) is 9.59 Å². The maximum atomic E-state index is 12.1. The summed E-state index contributed by atoms with van der Waals surface area (Å²) < 4.78 is 0. The molecule has 0 aliphatic heterocycles. The Hall–Kier alpha value is -2.88. The lowest BCUT2D eigenvalue weighted by Crippen LogP contribution is -2.12. The molecule has 0 saturated carbocycles. The minimum Gasteiger partial charge on any atom is -0.478 e. The summed E-state index contributed by atoms with van der Waals surface area (Å²) in [5.41, 5.74) is 1.75. The first-order valence-corrected chi connectivity index (χ1v) is 6.03. The Bertz CT molecular complexity index is 648. The van der Waals surface area contributed by atoms with E-state index in [2.05, 4.69) is 5.32 Å². The van der Waals surface area contributed by atoms with Crippen LogP contribution < -0.4 is 5.32 Å². The zero-order chi connectivity index (χ0) is 14.4. The molecule has 0 spiro atoms. The number of aliphatic carboxylic acids is 1. The number of benzene rings is 2. The second-order valence-electron chi connectivity index (χ2n) is 4.08. The lowest BCUT2D eigenvalue weighted by atomic mass is 10.1. The molecule has 100 valence electrons. The van der Waals surface area contributed by atoms with Crippen LogP contribution in [0.2, 0.25) is 0 Å². The van der Waals surface area contributed by atoms with E-state index >= 15 is 0 Å². The van der Waals surface area contributed by atoms with E-state index in [1.165, 1.54) is 6.08 Å². The van der Waals surface area contributed by atoms with Crippen molar-refractivity contribution >= 4 is 23.6 Å². The Labute approximate surface area is 116 Å². The molecule has 4 nitrogen and oxygen atoms in total. The summed E-state index contributed by atoms with van der Waals surface area (Å²) in [5, 5.41) is 11.4. The SMILES string of the molecule is O=C(O)C=Cc1ccccc1NC(=O)c1ccccc1. The van der Waals surface area contributed by atoms with Crippen molar-refractivity contribution in [1.82, 2.24) is 0 Å². The molecule has 1 amide bonds. The van der Waals surface area contributed by atoms with Crippen LogP contribution in [0.5, 0.6) is 0 Å². The number of nitrogens with one attached hydrogen (secondary N) is 1. The summed E-state index contributed by atoms with van der Waals surface area (Å²) >= 11 is 0. The van der Waals surface area contributed by atoms with E-state index < -0.39 is 5.97 Å². The van der Waals surface area contributed by atoms with Crippen LogP contribution in [0, 0.1) is 0 Å². The van der Waals surface area contributed by atoms with Gasteiger partial charge in [-0.05, 0) is 29.8 Å². The molecule has 0 heterocycles. The average molecular weight is 267 g/mol. The molecule has 0 atom stereocenters. The Balaban J connectivity index is 2.21. The molecular weight excluding hydrogens is 254 g/mol. The minimum absolute atomic E-state index is 0.234. The van der Waals surface area contributed by atoms with Crippen LogP contribution in [-0.4, -0.2) is 17.0 Å². The number of amides is 1. The Morgan fingerprint density at radius 3 is 2.30 bits per heavy atom. The van der Waals surface area contributed by atoms with E-state index in [0.717, 1.165) is 6.08 Å². The summed E-state index contributed by atoms with van der Waals surface area (Å²) in [7, 11) is 0. The largest absolute Gasteiger partial charge is 0.478 e. The number of carboxylic acids is 1. The predicted molar refractivity (Wildman–Crippen MR) is 77.5 cm³/mol. The third-order valence-electron chi connectivity index (χ3n) is 2.65. The molecule has 2 aromatic carbocycles. The lowest BCUT2D eigenvalue weighted by Gasteiger charge is -2.08. The number of rotatable bonds is 4. The van der Waals surface area contributed by atoms with Gasteiger partial charge in [0.25, 0.3) is 5.91 Å². The van der Waals surface area contributed by atoms with Crippen molar-refractivity contribution in [1.29, 1.82) is 0 Å². The van der Waals surface area contributed by atoms with Gasteiger partial charge in [0.1, 0.15) is 0 Å². The average Bonchev–Trinajstić information content (AvgIpc) is 2.47. The first kappa shape index (κ1) is 13.5. The normalized spacial score (nSPS) is 10.4. The molecule has 0 fully saturated rings. The minimum atomic E-state index is -1.03. The van der Waals surface area contributed by atoms with Gasteiger partial charge in [-0.15, -0.1) is 0 Å². The number of carbonyl (C=O) groups excluding carboxylic acids is 1. The second kappa shape index (κ2) is 6.33. The fourth-order valence-corrected chi connectivity index (χ4v) is 1.70. The van der Waals surface area contributed by atoms with Crippen molar-refractivity contribution in [3.8, 4) is 0 Å². The molecule has 0 aliphatic rings. The van der Waals surface area contributed by atoms with Crippen LogP contribution in [0.15, 0.2) is 60.7 Å². The number of hydrogen-bond donors (Lipinski definition) is 2. The van der Waals surface area contributed by atoms with Gasteiger partial charge in [-0.2, -0.15) is 0 Å². The molecule has 2 N–H and O–H groups in total. The molecule has 0 aliphatic carbocycles. The first-order chi connectivity index (χ1) is 9.66. The quantitative estimate of drug-likeness (QED) is 0.837. The highest BCUT2D eigenvalue weighted by Gasteiger charge is 2.07. The van der Waals surface area contributed by atoms with Crippen LogP contribution in [0.4, 0.5) is 5.69 Å². The summed E-state index contributed by atoms with van der Waals surface area (Å²) in [6.07, 6.45) is 2.48. The standard InChI is InChI=1S/C16H13NO3/c18-15(19)11-10-12-6-4-5-9-14(12)17-16(20)13-7-2-1-3-8-13/h1-11H,(H,17,20)(H,18,19). The van der Waals surface area contributed by atoms with E-state index in [1.807, 2.05) is 6.07 Å². The maximum absolute atomic E-state index is 12.1. The summed E-state index contributed by atoms with van der Waals surface area (Å²) in [6, 6.07) is 15.8. The van der Waals surface area contributed by atoms with Gasteiger partial charge in [0.15, 0.2) is 0 Å². The molecule has 0 radical (unpaired) electrons. The lowest BCUT2D eigenvalue weighted by molar-refractivity contribution is -0.131. The van der Waals surface area contributed by atoms with E-state index in [4.69, 9.17) is 5.11 Å². The molecule has 0 unspecified atom stereocenters. The van der Waals surface area contributed by atoms with E-state index in [0.29, 0.717) is 16.8 Å². The van der Waals surface area contributed by atoms with Gasteiger partial charge in [-0.3, -0.25) is 4.79 Å². The third-order valence-corrected chi connectivity index (χ3v) is 2.65. The fourth-order valence-electron chi connectivity index (χ4n) is 1.70. The van der Waals surface area contributed by atoms with Crippen molar-refractivity contribution in [3.05, 3.63) is 71.8 Å². The molecule has 2 aromatic rings. The highest BCUT2D eigenvalue weighted by molar-refractivity contribution is 6.05. The number of hydrogen-bond acceptors (Lipinski definition) is 2. The Morgan fingerprint density at radius 1 is 0.950 bits per heavy atom. The maximum Gasteiger partial charge on any atom is 0.328 e. The molecule has 0 aromatic heterocycles. The fraction of sp³-hybridized carbons (Fsp3) is 0.